The van der Waals surface area contributed by atoms with Gasteiger partial charge in [-0.15, -0.1) is 5.10 Å². The molecule has 1 aliphatic heterocycles. The first-order valence-corrected chi connectivity index (χ1v) is 10.9. The third-order valence-corrected chi connectivity index (χ3v) is 6.06. The van der Waals surface area contributed by atoms with Gasteiger partial charge in [0.1, 0.15) is 5.69 Å². The molecule has 33 heavy (non-hydrogen) atoms. The third-order valence-electron chi connectivity index (χ3n) is 6.06. The Morgan fingerprint density at radius 2 is 1.85 bits per heavy atom. The Hall–Kier alpha value is -3.56. The number of aryl methyl sites for hydroxylation is 1. The maximum atomic E-state index is 12.7. The van der Waals surface area contributed by atoms with Gasteiger partial charge in [-0.2, -0.15) is 5.10 Å². The zero-order valence-electron chi connectivity index (χ0n) is 19.2. The van der Waals surface area contributed by atoms with E-state index < -0.39 is 5.91 Å². The summed E-state index contributed by atoms with van der Waals surface area (Å²) in [6.07, 6.45) is 1.74. The lowest BCUT2D eigenvalue weighted by Crippen LogP contribution is -2.44. The SMILES string of the molecule is Cc1c(C(N)=O)cccc1-c1cc(Nc2ccc(CN3CCN(C)CC3)nn2)c(=O)n(C)c1. The molecule has 9 heteroatoms. The van der Waals surface area contributed by atoms with Gasteiger partial charge in [-0.1, -0.05) is 12.1 Å². The normalized spacial score (nSPS) is 14.9. The molecule has 3 heterocycles. The van der Waals surface area contributed by atoms with E-state index in [1.54, 1.807) is 31.4 Å². The Labute approximate surface area is 192 Å². The fraction of sp³-hybridized carbons (Fsp3) is 0.333. The zero-order valence-corrected chi connectivity index (χ0v) is 19.2. The van der Waals surface area contributed by atoms with Crippen molar-refractivity contribution >= 4 is 17.4 Å². The number of carbonyl (C=O) groups is 1. The van der Waals surface area contributed by atoms with Crippen LogP contribution in [0.25, 0.3) is 11.1 Å². The van der Waals surface area contributed by atoms with E-state index >= 15 is 0 Å². The van der Waals surface area contributed by atoms with Crippen molar-refractivity contribution < 1.29 is 4.79 Å². The molecule has 0 radical (unpaired) electrons. The fourth-order valence-corrected chi connectivity index (χ4v) is 4.05. The second-order valence-corrected chi connectivity index (χ2v) is 8.52. The summed E-state index contributed by atoms with van der Waals surface area (Å²) >= 11 is 0. The predicted molar refractivity (Wildman–Crippen MR) is 128 cm³/mol. The van der Waals surface area contributed by atoms with E-state index in [2.05, 4.69) is 32.4 Å². The molecule has 0 spiro atoms. The zero-order chi connectivity index (χ0) is 23.5. The Kier molecular flexibility index (Phi) is 6.52. The molecule has 0 aliphatic carbocycles. The molecule has 2 aromatic heterocycles. The number of piperazine rings is 1. The van der Waals surface area contributed by atoms with Gasteiger partial charge in [0.05, 0.1) is 5.69 Å². The fourth-order valence-electron chi connectivity index (χ4n) is 4.05. The van der Waals surface area contributed by atoms with Crippen LogP contribution in [0.3, 0.4) is 0 Å². The molecule has 0 atom stereocenters. The van der Waals surface area contributed by atoms with Gasteiger partial charge in [-0.05, 0) is 49.4 Å². The maximum absolute atomic E-state index is 12.7. The minimum Gasteiger partial charge on any atom is -0.366 e. The summed E-state index contributed by atoms with van der Waals surface area (Å²) in [6.45, 7) is 6.73. The molecular formula is C24H29N7O2. The average molecular weight is 448 g/mol. The van der Waals surface area contributed by atoms with Gasteiger partial charge in [0.25, 0.3) is 5.56 Å². The molecule has 1 aromatic carbocycles. The minimum absolute atomic E-state index is 0.189. The van der Waals surface area contributed by atoms with Crippen molar-refractivity contribution in [2.45, 2.75) is 13.5 Å². The van der Waals surface area contributed by atoms with Crippen LogP contribution in [0, 0.1) is 6.92 Å². The van der Waals surface area contributed by atoms with Crippen LogP contribution in [0.4, 0.5) is 11.5 Å². The average Bonchev–Trinajstić information content (AvgIpc) is 2.79. The van der Waals surface area contributed by atoms with Crippen molar-refractivity contribution in [3.8, 4) is 11.1 Å². The van der Waals surface area contributed by atoms with Crippen molar-refractivity contribution in [1.29, 1.82) is 0 Å². The summed E-state index contributed by atoms with van der Waals surface area (Å²) in [5, 5.41) is 11.7. The van der Waals surface area contributed by atoms with Crippen LogP contribution < -0.4 is 16.6 Å². The van der Waals surface area contributed by atoms with E-state index in [0.29, 0.717) is 17.1 Å². The number of pyridine rings is 1. The van der Waals surface area contributed by atoms with Gasteiger partial charge in [0, 0.05) is 57.1 Å². The number of primary amides is 1. The first kappa shape index (κ1) is 22.6. The molecule has 1 amide bonds. The number of nitrogens with one attached hydrogen (secondary N) is 1. The summed E-state index contributed by atoms with van der Waals surface area (Å²) in [7, 11) is 3.82. The number of hydrogen-bond acceptors (Lipinski definition) is 7. The predicted octanol–water partition coefficient (Wildman–Crippen LogP) is 1.74. The van der Waals surface area contributed by atoms with Gasteiger partial charge in [0.2, 0.25) is 5.91 Å². The van der Waals surface area contributed by atoms with Crippen LogP contribution in [0.2, 0.25) is 0 Å². The molecule has 3 aromatic rings. The van der Waals surface area contributed by atoms with Gasteiger partial charge >= 0.3 is 0 Å². The van der Waals surface area contributed by atoms with Gasteiger partial charge in [0.15, 0.2) is 5.82 Å². The minimum atomic E-state index is -0.482. The molecule has 0 bridgehead atoms. The summed E-state index contributed by atoms with van der Waals surface area (Å²) in [4.78, 5) is 29.2. The number of rotatable bonds is 6. The molecular weight excluding hydrogens is 418 g/mol. The number of carbonyl (C=O) groups excluding carboxylic acids is 1. The number of anilines is 2. The molecule has 4 rings (SSSR count). The van der Waals surface area contributed by atoms with Crippen molar-refractivity contribution in [1.82, 2.24) is 24.6 Å². The van der Waals surface area contributed by atoms with Crippen LogP contribution in [0.1, 0.15) is 21.6 Å². The standard InChI is InChI=1S/C24H29N7O2/c1-16-19(5-4-6-20(16)23(25)32)17-13-21(24(33)30(3)14-17)26-22-8-7-18(27-28-22)15-31-11-9-29(2)10-12-31/h4-8,13-14H,9-12,15H2,1-3H3,(H2,25,32)(H,26,28). The van der Waals surface area contributed by atoms with Gasteiger partial charge < -0.3 is 20.5 Å². The largest absolute Gasteiger partial charge is 0.366 e. The molecule has 1 aliphatic rings. The topological polar surface area (TPSA) is 109 Å². The molecule has 0 saturated carbocycles. The lowest BCUT2D eigenvalue weighted by molar-refractivity contribution is 0.0999. The van der Waals surface area contributed by atoms with Crippen LogP contribution in [0.5, 0.6) is 0 Å². The summed E-state index contributed by atoms with van der Waals surface area (Å²) < 4.78 is 1.50. The number of benzene rings is 1. The van der Waals surface area contributed by atoms with E-state index in [0.717, 1.165) is 55.1 Å². The number of aromatic nitrogens is 3. The molecule has 3 N–H and O–H groups in total. The molecule has 9 nitrogen and oxygen atoms in total. The number of nitrogens with zero attached hydrogens (tertiary/aromatic N) is 5. The highest BCUT2D eigenvalue weighted by atomic mass is 16.1. The first-order valence-electron chi connectivity index (χ1n) is 10.9. The number of hydrogen-bond donors (Lipinski definition) is 2. The second-order valence-electron chi connectivity index (χ2n) is 8.52. The number of amides is 1. The Morgan fingerprint density at radius 1 is 1.09 bits per heavy atom. The highest BCUT2D eigenvalue weighted by Crippen LogP contribution is 2.27. The molecule has 0 unspecified atom stereocenters. The number of nitrogens with two attached hydrogens (primary N) is 1. The Bertz CT molecular complexity index is 1210. The highest BCUT2D eigenvalue weighted by Gasteiger charge is 2.15. The van der Waals surface area contributed by atoms with Crippen LogP contribution in [-0.2, 0) is 13.6 Å². The van der Waals surface area contributed by atoms with Gasteiger partial charge in [-0.3, -0.25) is 14.5 Å². The second kappa shape index (κ2) is 9.51. The molecule has 1 fully saturated rings. The smallest absolute Gasteiger partial charge is 0.274 e. The lowest BCUT2D eigenvalue weighted by Gasteiger charge is -2.31. The van der Waals surface area contributed by atoms with Crippen LogP contribution >= 0.6 is 0 Å². The molecule has 1 saturated heterocycles. The van der Waals surface area contributed by atoms with Gasteiger partial charge in [-0.25, -0.2) is 0 Å². The quantitative estimate of drug-likeness (QED) is 0.592. The Morgan fingerprint density at radius 3 is 2.52 bits per heavy atom. The summed E-state index contributed by atoms with van der Waals surface area (Å²) in [5.74, 6) is 0.0124. The van der Waals surface area contributed by atoms with Crippen molar-refractivity contribution in [3.05, 3.63) is 69.8 Å². The monoisotopic (exact) mass is 447 g/mol. The van der Waals surface area contributed by atoms with Crippen molar-refractivity contribution in [2.24, 2.45) is 12.8 Å². The van der Waals surface area contributed by atoms with Crippen LogP contribution in [-0.4, -0.2) is 63.7 Å². The lowest BCUT2D eigenvalue weighted by atomic mass is 9.97. The van der Waals surface area contributed by atoms with E-state index in [4.69, 9.17) is 5.73 Å². The van der Waals surface area contributed by atoms with E-state index in [1.165, 1.54) is 4.57 Å². The van der Waals surface area contributed by atoms with E-state index in [9.17, 15) is 9.59 Å². The number of likely N-dealkylation sites (N-methyl/N-ethyl adjacent to an activating group) is 1. The Balaban J connectivity index is 1.55. The van der Waals surface area contributed by atoms with Crippen LogP contribution in [0.15, 0.2) is 47.4 Å². The maximum Gasteiger partial charge on any atom is 0.274 e. The van der Waals surface area contributed by atoms with E-state index in [1.807, 2.05) is 25.1 Å². The molecule has 172 valence electrons. The summed E-state index contributed by atoms with van der Waals surface area (Å²) in [5.41, 5.74) is 9.42. The van der Waals surface area contributed by atoms with Crippen molar-refractivity contribution in [3.63, 3.8) is 0 Å². The van der Waals surface area contributed by atoms with E-state index in [-0.39, 0.29) is 5.56 Å². The highest BCUT2D eigenvalue weighted by molar-refractivity contribution is 5.96. The first-order chi connectivity index (χ1) is 15.8. The third kappa shape index (κ3) is 5.10. The summed E-state index contributed by atoms with van der Waals surface area (Å²) in [6, 6.07) is 10.9. The van der Waals surface area contributed by atoms with Crippen molar-refractivity contribution in [2.75, 3.05) is 38.5 Å².